The van der Waals surface area contributed by atoms with Crippen molar-refractivity contribution in [2.75, 3.05) is 0 Å². The first kappa shape index (κ1) is 21.4. The Hall–Kier alpha value is -3.49. The van der Waals surface area contributed by atoms with E-state index < -0.39 is 12.6 Å². The Balaban J connectivity index is 1.32. The van der Waals surface area contributed by atoms with Crippen LogP contribution in [0.2, 0.25) is 10.0 Å². The van der Waals surface area contributed by atoms with Gasteiger partial charge < -0.3 is 10.3 Å². The Labute approximate surface area is 197 Å². The van der Waals surface area contributed by atoms with Crippen molar-refractivity contribution in [3.05, 3.63) is 87.5 Å². The molecule has 0 saturated carbocycles. The molecule has 0 aliphatic carbocycles. The fourth-order valence-corrected chi connectivity index (χ4v) is 4.02. The maximum Gasteiger partial charge on any atom is 0.255 e. The van der Waals surface area contributed by atoms with Crippen LogP contribution >= 0.6 is 23.2 Å². The molecule has 33 heavy (non-hydrogen) atoms. The second-order valence-corrected chi connectivity index (χ2v) is 8.40. The van der Waals surface area contributed by atoms with Gasteiger partial charge in [0, 0.05) is 42.1 Å². The number of alkyl halides is 1. The van der Waals surface area contributed by atoms with Gasteiger partial charge in [0.1, 0.15) is 18.0 Å². The summed E-state index contributed by atoms with van der Waals surface area (Å²) in [6.45, 7) is -0.257. The fourth-order valence-electron chi connectivity index (χ4n) is 3.66. The smallest absolute Gasteiger partial charge is 0.255 e. The minimum Gasteiger partial charge on any atom is -0.348 e. The van der Waals surface area contributed by atoms with Gasteiger partial charge in [0.2, 0.25) is 0 Å². The summed E-state index contributed by atoms with van der Waals surface area (Å²) in [5.41, 5.74) is 3.46. The highest BCUT2D eigenvalue weighted by Crippen LogP contribution is 2.22. The lowest BCUT2D eigenvalue weighted by molar-refractivity contribution is 0.0949. The third kappa shape index (κ3) is 4.40. The van der Waals surface area contributed by atoms with E-state index in [4.69, 9.17) is 23.2 Å². The molecule has 10 heteroatoms. The molecule has 0 radical (unpaired) electrons. The van der Waals surface area contributed by atoms with Gasteiger partial charge in [-0.15, -0.1) is 0 Å². The van der Waals surface area contributed by atoms with Crippen molar-refractivity contribution in [1.29, 1.82) is 0 Å². The minimum absolute atomic E-state index is 0.0836. The fraction of sp³-hybridized carbons (Fsp3) is 0.130. The molecule has 0 aliphatic heterocycles. The summed E-state index contributed by atoms with van der Waals surface area (Å²) in [5, 5.41) is 9.81. The number of amides is 1. The lowest BCUT2D eigenvalue weighted by atomic mass is 10.1. The summed E-state index contributed by atoms with van der Waals surface area (Å²) in [5.74, 6) is -0.413. The molecule has 5 rings (SSSR count). The number of fused-ring (bicyclic) bond motifs is 2. The number of halogens is 3. The second kappa shape index (κ2) is 8.80. The van der Waals surface area contributed by atoms with Crippen LogP contribution in [-0.2, 0) is 19.8 Å². The number of H-pyrrole nitrogens is 1. The molecule has 2 N–H and O–H groups in total. The van der Waals surface area contributed by atoms with Crippen molar-refractivity contribution in [3.63, 3.8) is 0 Å². The number of pyridine rings is 2. The molecule has 0 atom stereocenters. The molecule has 0 bridgehead atoms. The van der Waals surface area contributed by atoms with E-state index in [0.29, 0.717) is 22.2 Å². The third-order valence-corrected chi connectivity index (χ3v) is 5.78. The molecule has 4 heterocycles. The van der Waals surface area contributed by atoms with Crippen molar-refractivity contribution in [3.8, 4) is 0 Å². The van der Waals surface area contributed by atoms with E-state index in [0.717, 1.165) is 27.4 Å². The molecule has 7 nitrogen and oxygen atoms in total. The molecule has 0 unspecified atom stereocenters. The maximum atomic E-state index is 13.6. The first-order chi connectivity index (χ1) is 16.0. The first-order valence-corrected chi connectivity index (χ1v) is 10.8. The summed E-state index contributed by atoms with van der Waals surface area (Å²) in [4.78, 5) is 24.3. The van der Waals surface area contributed by atoms with Crippen LogP contribution < -0.4 is 5.32 Å². The standard InChI is InChI=1S/C23H17Cl2FN6O/c24-16-5-15-3-13(1-2-20(15)27-9-16)11-32-12-18(21(6-26)31-32)23(33)30-8-14-4-17-19(25)10-29-22(17)28-7-14/h1-5,7,9-10,12H,6,8,11H2,(H,28,29)(H,30,33). The summed E-state index contributed by atoms with van der Waals surface area (Å²) < 4.78 is 15.1. The van der Waals surface area contributed by atoms with Crippen LogP contribution in [0.4, 0.5) is 4.39 Å². The van der Waals surface area contributed by atoms with Gasteiger partial charge in [-0.05, 0) is 35.4 Å². The van der Waals surface area contributed by atoms with E-state index in [9.17, 15) is 9.18 Å². The normalized spacial score (nSPS) is 11.4. The SMILES string of the molecule is O=C(NCc1cnc2[nH]cc(Cl)c2c1)c1cn(Cc2ccc3ncc(Cl)cc3c2)nc1CF. The highest BCUT2D eigenvalue weighted by Gasteiger charge is 2.17. The van der Waals surface area contributed by atoms with Crippen LogP contribution in [0.25, 0.3) is 21.9 Å². The average molecular weight is 483 g/mol. The Morgan fingerprint density at radius 3 is 2.85 bits per heavy atom. The van der Waals surface area contributed by atoms with Gasteiger partial charge in [0.25, 0.3) is 5.91 Å². The molecule has 0 aliphatic rings. The zero-order chi connectivity index (χ0) is 22.9. The van der Waals surface area contributed by atoms with Gasteiger partial charge >= 0.3 is 0 Å². The number of aromatic nitrogens is 5. The lowest BCUT2D eigenvalue weighted by Gasteiger charge is -2.05. The number of benzene rings is 1. The molecule has 5 aromatic rings. The molecule has 1 aromatic carbocycles. The first-order valence-electron chi connectivity index (χ1n) is 10.1. The second-order valence-electron chi connectivity index (χ2n) is 7.56. The Morgan fingerprint density at radius 1 is 1.12 bits per heavy atom. The third-order valence-electron chi connectivity index (χ3n) is 5.26. The van der Waals surface area contributed by atoms with Crippen molar-refractivity contribution >= 4 is 51.0 Å². The van der Waals surface area contributed by atoms with Crippen LogP contribution in [0, 0.1) is 0 Å². The molecule has 1 amide bonds. The van der Waals surface area contributed by atoms with E-state index in [1.807, 2.05) is 30.3 Å². The van der Waals surface area contributed by atoms with Crippen LogP contribution in [0.5, 0.6) is 0 Å². The average Bonchev–Trinajstić information content (AvgIpc) is 3.40. The van der Waals surface area contributed by atoms with Crippen molar-refractivity contribution < 1.29 is 9.18 Å². The Morgan fingerprint density at radius 2 is 2.00 bits per heavy atom. The van der Waals surface area contributed by atoms with E-state index in [-0.39, 0.29) is 17.8 Å². The largest absolute Gasteiger partial charge is 0.348 e. The summed E-state index contributed by atoms with van der Waals surface area (Å²) in [6, 6.07) is 9.42. The summed E-state index contributed by atoms with van der Waals surface area (Å²) in [6.07, 6.45) is 6.45. The van der Waals surface area contributed by atoms with Gasteiger partial charge in [-0.2, -0.15) is 5.10 Å². The van der Waals surface area contributed by atoms with Gasteiger partial charge in [-0.3, -0.25) is 14.5 Å². The number of nitrogens with zero attached hydrogens (tertiary/aromatic N) is 4. The number of nitrogens with one attached hydrogen (secondary N) is 2. The van der Waals surface area contributed by atoms with Gasteiger partial charge in [-0.25, -0.2) is 9.37 Å². The van der Waals surface area contributed by atoms with Crippen LogP contribution in [-0.4, -0.2) is 30.6 Å². The molecular weight excluding hydrogens is 466 g/mol. The number of hydrogen-bond donors (Lipinski definition) is 2. The van der Waals surface area contributed by atoms with E-state index in [2.05, 4.69) is 25.4 Å². The quantitative estimate of drug-likeness (QED) is 0.353. The van der Waals surface area contributed by atoms with Crippen LogP contribution in [0.15, 0.2) is 55.1 Å². The highest BCUT2D eigenvalue weighted by atomic mass is 35.5. The molecule has 0 fully saturated rings. The predicted octanol–water partition coefficient (Wildman–Crippen LogP) is 5.06. The highest BCUT2D eigenvalue weighted by molar-refractivity contribution is 6.35. The van der Waals surface area contributed by atoms with Crippen LogP contribution in [0.1, 0.15) is 27.2 Å². The number of hydrogen-bond acceptors (Lipinski definition) is 4. The number of carbonyl (C=O) groups excluding carboxylic acids is 1. The lowest BCUT2D eigenvalue weighted by Crippen LogP contribution is -2.23. The number of carbonyl (C=O) groups is 1. The molecule has 0 saturated heterocycles. The predicted molar refractivity (Wildman–Crippen MR) is 125 cm³/mol. The maximum absolute atomic E-state index is 13.6. The van der Waals surface area contributed by atoms with E-state index in [1.54, 1.807) is 29.5 Å². The molecular formula is C23H17Cl2FN6O. The molecule has 166 valence electrons. The van der Waals surface area contributed by atoms with Gasteiger partial charge in [0.05, 0.1) is 27.7 Å². The topological polar surface area (TPSA) is 88.5 Å². The van der Waals surface area contributed by atoms with Crippen molar-refractivity contribution in [1.82, 2.24) is 30.0 Å². The summed E-state index contributed by atoms with van der Waals surface area (Å²) in [7, 11) is 0. The monoisotopic (exact) mass is 482 g/mol. The van der Waals surface area contributed by atoms with Gasteiger partial charge in [0.15, 0.2) is 0 Å². The van der Waals surface area contributed by atoms with Gasteiger partial charge in [-0.1, -0.05) is 29.3 Å². The number of rotatable bonds is 6. The minimum atomic E-state index is -0.848. The summed E-state index contributed by atoms with van der Waals surface area (Å²) >= 11 is 12.2. The Bertz CT molecular complexity index is 1500. The van der Waals surface area contributed by atoms with E-state index in [1.165, 1.54) is 0 Å². The van der Waals surface area contributed by atoms with Crippen molar-refractivity contribution in [2.45, 2.75) is 19.8 Å². The van der Waals surface area contributed by atoms with Crippen molar-refractivity contribution in [2.24, 2.45) is 0 Å². The zero-order valence-electron chi connectivity index (χ0n) is 17.1. The molecule has 0 spiro atoms. The number of aromatic amines is 1. The van der Waals surface area contributed by atoms with E-state index >= 15 is 0 Å². The van der Waals surface area contributed by atoms with Crippen LogP contribution in [0.3, 0.4) is 0 Å². The zero-order valence-corrected chi connectivity index (χ0v) is 18.7. The Kier molecular flexibility index (Phi) is 5.70. The molecule has 4 aromatic heterocycles.